The Labute approximate surface area is 113 Å². The molecule has 0 saturated carbocycles. The highest BCUT2D eigenvalue weighted by molar-refractivity contribution is 8.02. The van der Waals surface area contributed by atoms with E-state index in [9.17, 15) is 0 Å². The van der Waals surface area contributed by atoms with E-state index < -0.39 is 16.6 Å². The van der Waals surface area contributed by atoms with Crippen LogP contribution in [0, 0.1) is 0 Å². The molecule has 0 fully saturated rings. The number of thioether (sulfide) groups is 1. The maximum absolute atomic E-state index is 6.00. The molecule has 0 aliphatic carbocycles. The van der Waals surface area contributed by atoms with E-state index in [-0.39, 0.29) is 0 Å². The maximum Gasteiger partial charge on any atom is 0.242 e. The average molecular weight is 291 g/mol. The van der Waals surface area contributed by atoms with E-state index in [1.54, 1.807) is 11.8 Å². The van der Waals surface area contributed by atoms with E-state index in [1.165, 1.54) is 0 Å². The van der Waals surface area contributed by atoms with Gasteiger partial charge in [-0.05, 0) is 52.5 Å². The van der Waals surface area contributed by atoms with Crippen molar-refractivity contribution in [1.29, 1.82) is 0 Å². The van der Waals surface area contributed by atoms with Crippen LogP contribution in [0.2, 0.25) is 39.3 Å². The van der Waals surface area contributed by atoms with E-state index in [1.807, 2.05) is 13.2 Å². The van der Waals surface area contributed by atoms with Crippen molar-refractivity contribution in [2.75, 3.05) is 6.26 Å². The number of allylic oxidation sites excluding steroid dienone is 1. The highest BCUT2D eigenvalue weighted by Gasteiger charge is 2.22. The van der Waals surface area contributed by atoms with Crippen molar-refractivity contribution in [2.24, 2.45) is 0 Å². The quantitative estimate of drug-likeness (QED) is 0.398. The lowest BCUT2D eigenvalue weighted by molar-refractivity contribution is 0.403. The van der Waals surface area contributed by atoms with Crippen LogP contribution in [-0.2, 0) is 8.85 Å². The molecule has 0 aliphatic heterocycles. The Morgan fingerprint density at radius 2 is 1.35 bits per heavy atom. The van der Waals surface area contributed by atoms with Crippen molar-refractivity contribution in [3.8, 4) is 0 Å². The van der Waals surface area contributed by atoms with Crippen LogP contribution in [-0.4, -0.2) is 22.9 Å². The van der Waals surface area contributed by atoms with Gasteiger partial charge in [0.25, 0.3) is 0 Å². The highest BCUT2D eigenvalue weighted by atomic mass is 32.2. The first-order valence-electron chi connectivity index (χ1n) is 5.78. The molecule has 5 heteroatoms. The van der Waals surface area contributed by atoms with Gasteiger partial charge < -0.3 is 8.85 Å². The fraction of sp³-hybridized carbons (Fsp3) is 0.667. The Kier molecular flexibility index (Phi) is 6.11. The number of hydrogen-bond acceptors (Lipinski definition) is 3. The minimum atomic E-state index is -1.60. The molecule has 0 spiro atoms. The Hall–Kier alpha value is -0.136. The molecule has 0 atom stereocenters. The molecule has 17 heavy (non-hydrogen) atoms. The van der Waals surface area contributed by atoms with Crippen molar-refractivity contribution < 1.29 is 8.85 Å². The maximum atomic E-state index is 6.00. The molecule has 0 unspecified atom stereocenters. The molecule has 0 saturated heterocycles. The van der Waals surface area contributed by atoms with Crippen LogP contribution in [0.25, 0.3) is 0 Å². The molecule has 0 rings (SSSR count). The van der Waals surface area contributed by atoms with E-state index in [2.05, 4.69) is 45.9 Å². The van der Waals surface area contributed by atoms with Gasteiger partial charge in [-0.1, -0.05) is 6.58 Å². The van der Waals surface area contributed by atoms with Crippen LogP contribution >= 0.6 is 11.8 Å². The predicted octanol–water partition coefficient (Wildman–Crippen LogP) is 4.80. The minimum absolute atomic E-state index is 0.757. The molecule has 0 N–H and O–H groups in total. The topological polar surface area (TPSA) is 18.5 Å². The molecular weight excluding hydrogens is 264 g/mol. The molecule has 0 aromatic rings. The van der Waals surface area contributed by atoms with E-state index in [0.717, 1.165) is 16.4 Å². The van der Waals surface area contributed by atoms with Crippen LogP contribution in [0.15, 0.2) is 23.0 Å². The summed E-state index contributed by atoms with van der Waals surface area (Å²) in [4.78, 5) is 1.04. The summed E-state index contributed by atoms with van der Waals surface area (Å²) in [6.07, 6.45) is 2.03. The third-order valence-electron chi connectivity index (χ3n) is 1.67. The summed E-state index contributed by atoms with van der Waals surface area (Å²) in [5.74, 6) is 1.70. The summed E-state index contributed by atoms with van der Waals surface area (Å²) >= 11 is 1.64. The van der Waals surface area contributed by atoms with Crippen LogP contribution < -0.4 is 0 Å². The normalized spacial score (nSPS) is 14.1. The predicted molar refractivity (Wildman–Crippen MR) is 84.2 cm³/mol. The summed E-state index contributed by atoms with van der Waals surface area (Å²) < 4.78 is 11.9. The SMILES string of the molecule is C=C(O[Si](C)(C)C)/C(SC)=C(\C)O[Si](C)(C)C. The third-order valence-corrected chi connectivity index (χ3v) is 4.37. The van der Waals surface area contributed by atoms with Gasteiger partial charge in [0.05, 0.1) is 10.7 Å². The lowest BCUT2D eigenvalue weighted by Gasteiger charge is -2.25. The first-order chi connectivity index (χ1) is 7.46. The van der Waals surface area contributed by atoms with Gasteiger partial charge in [0, 0.05) is 0 Å². The Morgan fingerprint density at radius 3 is 1.65 bits per heavy atom. The zero-order chi connectivity index (χ0) is 13.9. The Bertz CT molecular complexity index is 311. The lowest BCUT2D eigenvalue weighted by atomic mass is 10.4. The summed E-state index contributed by atoms with van der Waals surface area (Å²) in [5.41, 5.74) is 0. The molecule has 0 aromatic carbocycles. The molecule has 0 amide bonds. The third kappa shape index (κ3) is 7.73. The van der Waals surface area contributed by atoms with Gasteiger partial charge in [0.1, 0.15) is 5.76 Å². The summed E-state index contributed by atoms with van der Waals surface area (Å²) in [5, 5.41) is 0. The standard InChI is InChI=1S/C12H26O2SSi2/c1-10(13-16(4,5)6)12(15-3)11(2)14-17(7,8)9/h1H2,2-9H3/b12-11-. The largest absolute Gasteiger partial charge is 0.546 e. The van der Waals surface area contributed by atoms with Gasteiger partial charge in [-0.15, -0.1) is 11.8 Å². The van der Waals surface area contributed by atoms with Crippen molar-refractivity contribution in [3.05, 3.63) is 23.0 Å². The van der Waals surface area contributed by atoms with Crippen LogP contribution in [0.3, 0.4) is 0 Å². The van der Waals surface area contributed by atoms with Crippen molar-refractivity contribution in [1.82, 2.24) is 0 Å². The van der Waals surface area contributed by atoms with Crippen LogP contribution in [0.4, 0.5) is 0 Å². The smallest absolute Gasteiger partial charge is 0.242 e. The molecule has 100 valence electrons. The molecule has 0 bridgehead atoms. The van der Waals surface area contributed by atoms with Crippen molar-refractivity contribution >= 4 is 28.4 Å². The monoisotopic (exact) mass is 290 g/mol. The molecule has 0 aliphatic rings. The Balaban J connectivity index is 4.93. The molecular formula is C12H26O2SSi2. The van der Waals surface area contributed by atoms with Gasteiger partial charge in [-0.25, -0.2) is 0 Å². The minimum Gasteiger partial charge on any atom is -0.546 e. The molecule has 0 heterocycles. The summed E-state index contributed by atoms with van der Waals surface area (Å²) in [6.45, 7) is 19.0. The Morgan fingerprint density at radius 1 is 0.941 bits per heavy atom. The van der Waals surface area contributed by atoms with Crippen LogP contribution in [0.1, 0.15) is 6.92 Å². The fourth-order valence-corrected chi connectivity index (χ4v) is 3.98. The van der Waals surface area contributed by atoms with Crippen molar-refractivity contribution in [2.45, 2.75) is 46.2 Å². The number of rotatable bonds is 6. The second kappa shape index (κ2) is 6.15. The van der Waals surface area contributed by atoms with Gasteiger partial charge in [0.15, 0.2) is 0 Å². The fourth-order valence-electron chi connectivity index (χ4n) is 1.38. The number of hydrogen-bond donors (Lipinski definition) is 0. The second-order valence-corrected chi connectivity index (χ2v) is 15.6. The second-order valence-electron chi connectivity index (χ2n) is 5.94. The highest BCUT2D eigenvalue weighted by Crippen LogP contribution is 2.29. The van der Waals surface area contributed by atoms with E-state index in [0.29, 0.717) is 0 Å². The molecule has 0 aromatic heterocycles. The van der Waals surface area contributed by atoms with Gasteiger partial charge in [-0.2, -0.15) is 0 Å². The van der Waals surface area contributed by atoms with Gasteiger partial charge in [-0.3, -0.25) is 0 Å². The summed E-state index contributed by atoms with van der Waals surface area (Å²) in [6, 6.07) is 0. The van der Waals surface area contributed by atoms with E-state index >= 15 is 0 Å². The first kappa shape index (κ1) is 16.9. The average Bonchev–Trinajstić information content (AvgIpc) is 1.96. The van der Waals surface area contributed by atoms with Crippen LogP contribution in [0.5, 0.6) is 0 Å². The van der Waals surface area contributed by atoms with Crippen molar-refractivity contribution in [3.63, 3.8) is 0 Å². The van der Waals surface area contributed by atoms with Gasteiger partial charge >= 0.3 is 0 Å². The molecule has 2 nitrogen and oxygen atoms in total. The molecule has 0 radical (unpaired) electrons. The van der Waals surface area contributed by atoms with E-state index in [4.69, 9.17) is 8.85 Å². The lowest BCUT2D eigenvalue weighted by Crippen LogP contribution is -2.27. The zero-order valence-corrected chi connectivity index (χ0v) is 15.2. The summed E-state index contributed by atoms with van der Waals surface area (Å²) in [7, 11) is -3.16. The first-order valence-corrected chi connectivity index (χ1v) is 13.8. The van der Waals surface area contributed by atoms with Gasteiger partial charge in [0.2, 0.25) is 16.6 Å². The zero-order valence-electron chi connectivity index (χ0n) is 12.4.